The number of nitrogens with one attached hydrogen (secondary N) is 1. The molecule has 0 aromatic heterocycles. The second kappa shape index (κ2) is 6.14. The van der Waals surface area contributed by atoms with Crippen LogP contribution in [0.3, 0.4) is 0 Å². The number of halogens is 3. The van der Waals surface area contributed by atoms with Crippen LogP contribution in [0.15, 0.2) is 24.3 Å². The van der Waals surface area contributed by atoms with E-state index in [1.807, 2.05) is 6.92 Å². The molecule has 0 aliphatic heterocycles. The van der Waals surface area contributed by atoms with Crippen LogP contribution in [0, 0.1) is 5.92 Å². The first kappa shape index (κ1) is 15.3. The third kappa shape index (κ3) is 3.52. The fraction of sp³-hybridized carbons (Fsp3) is 0.600. The highest BCUT2D eigenvalue weighted by Crippen LogP contribution is 2.40. The minimum atomic E-state index is -4.29. The average Bonchev–Trinajstić information content (AvgIpc) is 3.22. The summed E-state index contributed by atoms with van der Waals surface area (Å²) in [5, 5.41) is 3.32. The first-order valence-electron chi connectivity index (χ1n) is 6.90. The summed E-state index contributed by atoms with van der Waals surface area (Å²) in [4.78, 5) is 0. The highest BCUT2D eigenvalue weighted by Gasteiger charge is 2.37. The third-order valence-electron chi connectivity index (χ3n) is 3.71. The zero-order valence-electron chi connectivity index (χ0n) is 11.7. The zero-order chi connectivity index (χ0) is 14.8. The molecule has 1 fully saturated rings. The summed E-state index contributed by atoms with van der Waals surface area (Å²) in [7, 11) is 1.66. The maximum Gasteiger partial charge on any atom is 0.416 e. The Balaban J connectivity index is 2.20. The molecule has 1 N–H and O–H groups in total. The molecule has 1 saturated carbocycles. The maximum absolute atomic E-state index is 12.6. The van der Waals surface area contributed by atoms with Crippen LogP contribution in [0.4, 0.5) is 13.2 Å². The van der Waals surface area contributed by atoms with Crippen molar-refractivity contribution in [2.45, 2.75) is 38.1 Å². The van der Waals surface area contributed by atoms with Crippen LogP contribution in [-0.4, -0.2) is 19.8 Å². The summed E-state index contributed by atoms with van der Waals surface area (Å²) in [6.07, 6.45) is -2.02. The summed E-state index contributed by atoms with van der Waals surface area (Å²) in [5.41, 5.74) is 0.232. The number of rotatable bonds is 6. The van der Waals surface area contributed by atoms with E-state index >= 15 is 0 Å². The Morgan fingerprint density at radius 3 is 2.25 bits per heavy atom. The second-order valence-electron chi connectivity index (χ2n) is 5.19. The van der Waals surface area contributed by atoms with Gasteiger partial charge in [-0.2, -0.15) is 13.2 Å². The molecule has 2 atom stereocenters. The molecular formula is C15H20F3NO. The van der Waals surface area contributed by atoms with Gasteiger partial charge in [-0.15, -0.1) is 0 Å². The van der Waals surface area contributed by atoms with E-state index in [0.29, 0.717) is 5.92 Å². The lowest BCUT2D eigenvalue weighted by atomic mass is 9.97. The van der Waals surface area contributed by atoms with Gasteiger partial charge in [0.05, 0.1) is 17.7 Å². The van der Waals surface area contributed by atoms with Gasteiger partial charge in [-0.3, -0.25) is 0 Å². The molecule has 0 radical (unpaired) electrons. The zero-order valence-corrected chi connectivity index (χ0v) is 11.7. The van der Waals surface area contributed by atoms with Crippen LogP contribution in [-0.2, 0) is 10.9 Å². The first-order chi connectivity index (χ1) is 9.47. The SMILES string of the molecule is CCNC(c1ccc(C(F)(F)F)cc1)C(OC)C1CC1. The number of hydrogen-bond acceptors (Lipinski definition) is 2. The molecule has 0 heterocycles. The van der Waals surface area contributed by atoms with Gasteiger partial charge in [0.1, 0.15) is 0 Å². The normalized spacial score (nSPS) is 18.9. The van der Waals surface area contributed by atoms with Crippen LogP contribution in [0.1, 0.15) is 36.9 Å². The van der Waals surface area contributed by atoms with Crippen LogP contribution in [0.2, 0.25) is 0 Å². The quantitative estimate of drug-likeness (QED) is 0.859. The Kier molecular flexibility index (Phi) is 4.70. The topological polar surface area (TPSA) is 21.3 Å². The Hall–Kier alpha value is -1.07. The minimum Gasteiger partial charge on any atom is -0.379 e. The third-order valence-corrected chi connectivity index (χ3v) is 3.71. The molecule has 0 bridgehead atoms. The van der Waals surface area contributed by atoms with Crippen LogP contribution in [0.5, 0.6) is 0 Å². The Morgan fingerprint density at radius 2 is 1.85 bits per heavy atom. The van der Waals surface area contributed by atoms with Gasteiger partial charge in [0.15, 0.2) is 0 Å². The number of benzene rings is 1. The highest BCUT2D eigenvalue weighted by atomic mass is 19.4. The van der Waals surface area contributed by atoms with E-state index in [1.54, 1.807) is 19.2 Å². The van der Waals surface area contributed by atoms with E-state index in [0.717, 1.165) is 37.1 Å². The molecule has 20 heavy (non-hydrogen) atoms. The van der Waals surface area contributed by atoms with Gasteiger partial charge in [0.2, 0.25) is 0 Å². The molecule has 1 aliphatic carbocycles. The van der Waals surface area contributed by atoms with E-state index in [9.17, 15) is 13.2 Å². The molecule has 0 amide bonds. The molecule has 2 rings (SSSR count). The van der Waals surface area contributed by atoms with Crippen molar-refractivity contribution in [1.82, 2.24) is 5.32 Å². The molecule has 1 aliphatic rings. The van der Waals surface area contributed by atoms with Crippen LogP contribution >= 0.6 is 0 Å². The van der Waals surface area contributed by atoms with Crippen molar-refractivity contribution in [2.24, 2.45) is 5.92 Å². The number of methoxy groups -OCH3 is 1. The summed E-state index contributed by atoms with van der Waals surface area (Å²) in [6, 6.07) is 5.31. The monoisotopic (exact) mass is 287 g/mol. The van der Waals surface area contributed by atoms with Gasteiger partial charge >= 0.3 is 6.18 Å². The molecule has 112 valence electrons. The summed E-state index contributed by atoms with van der Waals surface area (Å²) in [5.74, 6) is 0.506. The standard InChI is InChI=1S/C15H20F3NO/c1-3-19-13(14(20-2)11-4-5-11)10-6-8-12(9-7-10)15(16,17)18/h6-9,11,13-14,19H,3-5H2,1-2H3. The number of alkyl halides is 3. The summed E-state index contributed by atoms with van der Waals surface area (Å²) < 4.78 is 43.3. The predicted molar refractivity (Wildman–Crippen MR) is 71.4 cm³/mol. The van der Waals surface area contributed by atoms with Gasteiger partial charge in [0, 0.05) is 7.11 Å². The lowest BCUT2D eigenvalue weighted by Gasteiger charge is -2.27. The second-order valence-corrected chi connectivity index (χ2v) is 5.19. The molecule has 0 saturated heterocycles. The van der Waals surface area contributed by atoms with Crippen LogP contribution in [0.25, 0.3) is 0 Å². The van der Waals surface area contributed by atoms with Gasteiger partial charge in [-0.05, 0) is 43.0 Å². The fourth-order valence-electron chi connectivity index (χ4n) is 2.55. The van der Waals surface area contributed by atoms with Gasteiger partial charge in [-0.25, -0.2) is 0 Å². The number of hydrogen-bond donors (Lipinski definition) is 1. The molecule has 1 aromatic carbocycles. The molecule has 1 aromatic rings. The van der Waals surface area contributed by atoms with E-state index < -0.39 is 11.7 Å². The molecule has 0 spiro atoms. The van der Waals surface area contributed by atoms with Gasteiger partial charge < -0.3 is 10.1 Å². The van der Waals surface area contributed by atoms with Gasteiger partial charge in [0.25, 0.3) is 0 Å². The summed E-state index contributed by atoms with van der Waals surface area (Å²) in [6.45, 7) is 2.73. The van der Waals surface area contributed by atoms with E-state index in [-0.39, 0.29) is 12.1 Å². The predicted octanol–water partition coefficient (Wildman–Crippen LogP) is 3.78. The maximum atomic E-state index is 12.6. The van der Waals surface area contributed by atoms with Gasteiger partial charge in [-0.1, -0.05) is 19.1 Å². The smallest absolute Gasteiger partial charge is 0.379 e. The van der Waals surface area contributed by atoms with Crippen molar-refractivity contribution < 1.29 is 17.9 Å². The van der Waals surface area contributed by atoms with E-state index in [4.69, 9.17) is 4.74 Å². The van der Waals surface area contributed by atoms with Crippen molar-refractivity contribution in [2.75, 3.05) is 13.7 Å². The Morgan fingerprint density at radius 1 is 1.25 bits per heavy atom. The Bertz CT molecular complexity index is 426. The molecular weight excluding hydrogens is 267 g/mol. The summed E-state index contributed by atoms with van der Waals surface area (Å²) >= 11 is 0. The number of ether oxygens (including phenoxy) is 1. The molecule has 2 unspecified atom stereocenters. The van der Waals surface area contributed by atoms with Crippen molar-refractivity contribution in [3.8, 4) is 0 Å². The first-order valence-corrected chi connectivity index (χ1v) is 6.90. The van der Waals surface area contributed by atoms with Crippen LogP contribution < -0.4 is 5.32 Å². The minimum absolute atomic E-state index is 0.0201. The van der Waals surface area contributed by atoms with Crippen molar-refractivity contribution >= 4 is 0 Å². The van der Waals surface area contributed by atoms with Crippen molar-refractivity contribution in [3.63, 3.8) is 0 Å². The average molecular weight is 287 g/mol. The molecule has 2 nitrogen and oxygen atoms in total. The highest BCUT2D eigenvalue weighted by molar-refractivity contribution is 5.28. The lowest BCUT2D eigenvalue weighted by molar-refractivity contribution is -0.137. The molecule has 5 heteroatoms. The van der Waals surface area contributed by atoms with E-state index in [2.05, 4.69) is 5.32 Å². The largest absolute Gasteiger partial charge is 0.416 e. The van der Waals surface area contributed by atoms with E-state index in [1.165, 1.54) is 0 Å². The lowest BCUT2D eigenvalue weighted by Crippen LogP contribution is -2.34. The van der Waals surface area contributed by atoms with Crippen molar-refractivity contribution in [3.05, 3.63) is 35.4 Å². The number of likely N-dealkylation sites (N-methyl/N-ethyl adjacent to an activating group) is 1. The Labute approximate surface area is 117 Å². The fourth-order valence-corrected chi connectivity index (χ4v) is 2.55. The van der Waals surface area contributed by atoms with Crippen molar-refractivity contribution in [1.29, 1.82) is 0 Å².